The minimum Gasteiger partial charge on any atom is -0.460 e. The maximum absolute atomic E-state index is 12.2. The van der Waals surface area contributed by atoms with Crippen LogP contribution in [0.15, 0.2) is 48.5 Å². The molecule has 0 radical (unpaired) electrons. The zero-order valence-electron chi connectivity index (χ0n) is 17.9. The molecule has 2 aromatic carbocycles. The molecule has 0 bridgehead atoms. The SMILES string of the molecule is COCCOc1nc(-c2ccc(C)cc2)n(-c2cccc(NC(=O)CC(C)C)c2)n1. The highest BCUT2D eigenvalue weighted by molar-refractivity contribution is 5.91. The number of nitrogens with zero attached hydrogens (tertiary/aromatic N) is 3. The van der Waals surface area contributed by atoms with E-state index in [2.05, 4.69) is 15.4 Å². The van der Waals surface area contributed by atoms with E-state index < -0.39 is 0 Å². The molecule has 7 nitrogen and oxygen atoms in total. The standard InChI is InChI=1S/C23H28N4O3/c1-16(2)14-21(28)24-19-6-5-7-20(15-19)27-22(18-10-8-17(3)9-11-18)25-23(26-27)30-13-12-29-4/h5-11,15-16H,12-14H2,1-4H3,(H,24,28). The Hall–Kier alpha value is -3.19. The molecule has 1 N–H and O–H groups in total. The molecule has 0 saturated carbocycles. The van der Waals surface area contributed by atoms with E-state index in [1.54, 1.807) is 11.8 Å². The van der Waals surface area contributed by atoms with Crippen molar-refractivity contribution in [2.24, 2.45) is 5.92 Å². The minimum absolute atomic E-state index is 0.0110. The first-order valence-corrected chi connectivity index (χ1v) is 10.0. The van der Waals surface area contributed by atoms with E-state index in [-0.39, 0.29) is 11.9 Å². The van der Waals surface area contributed by atoms with Gasteiger partial charge in [0.2, 0.25) is 5.91 Å². The number of aromatic nitrogens is 3. The second kappa shape index (κ2) is 10.0. The van der Waals surface area contributed by atoms with Crippen molar-refractivity contribution in [1.82, 2.24) is 14.8 Å². The molecule has 0 aliphatic rings. The number of methoxy groups -OCH3 is 1. The molecule has 0 aliphatic carbocycles. The van der Waals surface area contributed by atoms with Crippen molar-refractivity contribution in [1.29, 1.82) is 0 Å². The van der Waals surface area contributed by atoms with Crippen LogP contribution in [0.1, 0.15) is 25.8 Å². The van der Waals surface area contributed by atoms with Gasteiger partial charge < -0.3 is 14.8 Å². The van der Waals surface area contributed by atoms with Gasteiger partial charge in [-0.1, -0.05) is 49.7 Å². The van der Waals surface area contributed by atoms with Crippen LogP contribution in [0.2, 0.25) is 0 Å². The smallest absolute Gasteiger partial charge is 0.336 e. The third kappa shape index (κ3) is 5.67. The van der Waals surface area contributed by atoms with Crippen LogP contribution in [0.5, 0.6) is 6.01 Å². The fourth-order valence-electron chi connectivity index (χ4n) is 2.94. The molecule has 7 heteroatoms. The average Bonchev–Trinajstić information content (AvgIpc) is 3.12. The normalized spacial score (nSPS) is 11.0. The summed E-state index contributed by atoms with van der Waals surface area (Å²) in [5.41, 5.74) is 3.58. The zero-order valence-corrected chi connectivity index (χ0v) is 17.9. The van der Waals surface area contributed by atoms with E-state index in [9.17, 15) is 4.79 Å². The highest BCUT2D eigenvalue weighted by Crippen LogP contribution is 2.25. The molecule has 0 atom stereocenters. The maximum Gasteiger partial charge on any atom is 0.336 e. The molecule has 0 unspecified atom stereocenters. The van der Waals surface area contributed by atoms with Gasteiger partial charge in [-0.3, -0.25) is 4.79 Å². The van der Waals surface area contributed by atoms with Gasteiger partial charge in [-0.15, -0.1) is 5.10 Å². The number of hydrogen-bond donors (Lipinski definition) is 1. The minimum atomic E-state index is -0.0110. The fraction of sp³-hybridized carbons (Fsp3) is 0.348. The molecule has 0 fully saturated rings. The molecule has 30 heavy (non-hydrogen) atoms. The Balaban J connectivity index is 1.94. The van der Waals surface area contributed by atoms with Crippen molar-refractivity contribution in [3.63, 3.8) is 0 Å². The Morgan fingerprint density at radius 2 is 1.90 bits per heavy atom. The van der Waals surface area contributed by atoms with Gasteiger partial charge in [0.1, 0.15) is 6.61 Å². The number of carbonyl (C=O) groups is 1. The Morgan fingerprint density at radius 1 is 1.13 bits per heavy atom. The maximum atomic E-state index is 12.2. The van der Waals surface area contributed by atoms with Gasteiger partial charge in [0.25, 0.3) is 0 Å². The molecule has 0 aliphatic heterocycles. The first-order chi connectivity index (χ1) is 14.5. The summed E-state index contributed by atoms with van der Waals surface area (Å²) in [7, 11) is 1.62. The van der Waals surface area contributed by atoms with Gasteiger partial charge in [-0.05, 0) is 31.0 Å². The van der Waals surface area contributed by atoms with Crippen molar-refractivity contribution in [3.05, 3.63) is 54.1 Å². The van der Waals surface area contributed by atoms with Gasteiger partial charge in [0.15, 0.2) is 5.82 Å². The number of amides is 1. The molecule has 0 spiro atoms. The van der Waals surface area contributed by atoms with Crippen LogP contribution in [0.3, 0.4) is 0 Å². The fourth-order valence-corrected chi connectivity index (χ4v) is 2.94. The second-order valence-electron chi connectivity index (χ2n) is 7.53. The number of nitrogens with one attached hydrogen (secondary N) is 1. The van der Waals surface area contributed by atoms with E-state index in [0.717, 1.165) is 16.8 Å². The molecule has 0 saturated heterocycles. The monoisotopic (exact) mass is 408 g/mol. The third-order valence-corrected chi connectivity index (χ3v) is 4.38. The van der Waals surface area contributed by atoms with Crippen molar-refractivity contribution in [2.45, 2.75) is 27.2 Å². The molecule has 158 valence electrons. The van der Waals surface area contributed by atoms with E-state index in [0.29, 0.717) is 37.1 Å². The highest BCUT2D eigenvalue weighted by Gasteiger charge is 2.15. The Bertz CT molecular complexity index is 980. The van der Waals surface area contributed by atoms with Crippen LogP contribution < -0.4 is 10.1 Å². The first-order valence-electron chi connectivity index (χ1n) is 10.0. The number of carbonyl (C=O) groups excluding carboxylic acids is 1. The van der Waals surface area contributed by atoms with Crippen molar-refractivity contribution in [3.8, 4) is 23.1 Å². The lowest BCUT2D eigenvalue weighted by molar-refractivity contribution is -0.116. The van der Waals surface area contributed by atoms with Crippen LogP contribution in [-0.4, -0.2) is 41.0 Å². The number of benzene rings is 2. The predicted molar refractivity (Wildman–Crippen MR) is 117 cm³/mol. The first kappa shape index (κ1) is 21.5. The van der Waals surface area contributed by atoms with E-state index in [1.165, 1.54) is 0 Å². The van der Waals surface area contributed by atoms with Crippen LogP contribution in [0.25, 0.3) is 17.1 Å². The predicted octanol–water partition coefficient (Wildman–Crippen LogP) is 4.25. The van der Waals surface area contributed by atoms with Crippen molar-refractivity contribution >= 4 is 11.6 Å². The zero-order chi connectivity index (χ0) is 21.5. The summed E-state index contributed by atoms with van der Waals surface area (Å²) in [5.74, 6) is 0.944. The Kier molecular flexibility index (Phi) is 7.19. The number of ether oxygens (including phenoxy) is 2. The lowest BCUT2D eigenvalue weighted by Crippen LogP contribution is -2.14. The second-order valence-corrected chi connectivity index (χ2v) is 7.53. The van der Waals surface area contributed by atoms with Crippen LogP contribution >= 0.6 is 0 Å². The molecule has 1 aromatic heterocycles. The molecule has 1 heterocycles. The average molecular weight is 409 g/mol. The van der Waals surface area contributed by atoms with E-state index >= 15 is 0 Å². The van der Waals surface area contributed by atoms with Crippen molar-refractivity contribution in [2.75, 3.05) is 25.6 Å². The summed E-state index contributed by atoms with van der Waals surface area (Å²) in [6, 6.07) is 15.9. The highest BCUT2D eigenvalue weighted by atomic mass is 16.5. The van der Waals surface area contributed by atoms with Crippen LogP contribution in [-0.2, 0) is 9.53 Å². The lowest BCUT2D eigenvalue weighted by Gasteiger charge is -2.10. The van der Waals surface area contributed by atoms with E-state index in [4.69, 9.17) is 9.47 Å². The van der Waals surface area contributed by atoms with Crippen LogP contribution in [0, 0.1) is 12.8 Å². The molecule has 3 rings (SSSR count). The van der Waals surface area contributed by atoms with Crippen molar-refractivity contribution < 1.29 is 14.3 Å². The summed E-state index contributed by atoms with van der Waals surface area (Å²) < 4.78 is 12.4. The quantitative estimate of drug-likeness (QED) is 0.536. The Morgan fingerprint density at radius 3 is 2.60 bits per heavy atom. The lowest BCUT2D eigenvalue weighted by atomic mass is 10.1. The van der Waals surface area contributed by atoms with Gasteiger partial charge in [-0.25, -0.2) is 4.68 Å². The number of rotatable bonds is 9. The molecular weight excluding hydrogens is 380 g/mol. The van der Waals surface area contributed by atoms with Gasteiger partial charge in [0, 0.05) is 24.8 Å². The van der Waals surface area contributed by atoms with Gasteiger partial charge in [-0.2, -0.15) is 4.98 Å². The largest absolute Gasteiger partial charge is 0.460 e. The summed E-state index contributed by atoms with van der Waals surface area (Å²) in [6.07, 6.45) is 0.472. The molecular formula is C23H28N4O3. The summed E-state index contributed by atoms with van der Waals surface area (Å²) in [4.78, 5) is 16.7. The third-order valence-electron chi connectivity index (χ3n) is 4.38. The molecule has 1 amide bonds. The van der Waals surface area contributed by atoms with Gasteiger partial charge >= 0.3 is 6.01 Å². The van der Waals surface area contributed by atoms with Gasteiger partial charge in [0.05, 0.1) is 12.3 Å². The number of hydrogen-bond acceptors (Lipinski definition) is 5. The number of aryl methyl sites for hydroxylation is 1. The van der Waals surface area contributed by atoms with E-state index in [1.807, 2.05) is 69.3 Å². The number of anilines is 1. The van der Waals surface area contributed by atoms with Crippen LogP contribution in [0.4, 0.5) is 5.69 Å². The summed E-state index contributed by atoms with van der Waals surface area (Å²) in [6.45, 7) is 6.89. The summed E-state index contributed by atoms with van der Waals surface area (Å²) >= 11 is 0. The topological polar surface area (TPSA) is 78.3 Å². The Labute approximate surface area is 177 Å². The molecule has 3 aromatic rings. The summed E-state index contributed by atoms with van der Waals surface area (Å²) in [5, 5.41) is 7.49.